The molecule has 1 amide bonds. The summed E-state index contributed by atoms with van der Waals surface area (Å²) < 4.78 is 0. The third-order valence-corrected chi connectivity index (χ3v) is 5.03. The quantitative estimate of drug-likeness (QED) is 0.246. The lowest BCUT2D eigenvalue weighted by molar-refractivity contribution is -0.238. The second-order valence-electron chi connectivity index (χ2n) is 8.27. The summed E-state index contributed by atoms with van der Waals surface area (Å²) >= 11 is 0. The molecule has 0 radical (unpaired) electrons. The molecule has 0 saturated carbocycles. The van der Waals surface area contributed by atoms with E-state index in [9.17, 15) is 14.4 Å². The molecule has 0 aliphatic carbocycles. The summed E-state index contributed by atoms with van der Waals surface area (Å²) in [6.07, 6.45) is 2.48. The van der Waals surface area contributed by atoms with Crippen LogP contribution in [0.15, 0.2) is 0 Å². The highest BCUT2D eigenvalue weighted by atomic mass is 17.1. The average molecular weight is 403 g/mol. The second-order valence-corrected chi connectivity index (χ2v) is 8.27. The molecule has 0 spiro atoms. The second kappa shape index (κ2) is 12.7. The van der Waals surface area contributed by atoms with Gasteiger partial charge in [0.05, 0.1) is 0 Å². The number of hydrogen-bond donors (Lipinski definition) is 3. The van der Waals surface area contributed by atoms with E-state index < -0.39 is 29.3 Å². The van der Waals surface area contributed by atoms with Gasteiger partial charge in [0.15, 0.2) is 0 Å². The van der Waals surface area contributed by atoms with Crippen molar-refractivity contribution in [3.8, 4) is 0 Å². The first-order valence-corrected chi connectivity index (χ1v) is 10.1. The summed E-state index contributed by atoms with van der Waals surface area (Å²) in [5.41, 5.74) is 1.42. The fourth-order valence-electron chi connectivity index (χ4n) is 2.86. The lowest BCUT2D eigenvalue weighted by Crippen LogP contribution is -2.59. The molecular formula is C20H38N2O6. The number of amides is 1. The highest BCUT2D eigenvalue weighted by Gasteiger charge is 2.44. The number of hydroxylamine groups is 1. The van der Waals surface area contributed by atoms with Crippen LogP contribution in [0.1, 0.15) is 74.1 Å². The number of hydrogen-bond acceptors (Lipinski definition) is 7. The van der Waals surface area contributed by atoms with E-state index in [0.29, 0.717) is 25.3 Å². The molecule has 4 atom stereocenters. The molecular weight excluding hydrogens is 364 g/mol. The summed E-state index contributed by atoms with van der Waals surface area (Å²) in [6.45, 7) is 13.8. The van der Waals surface area contributed by atoms with Gasteiger partial charge in [0, 0.05) is 6.54 Å². The Kier molecular flexibility index (Phi) is 12.0. The van der Waals surface area contributed by atoms with Gasteiger partial charge >= 0.3 is 11.9 Å². The normalized spacial score (nSPS) is 16.6. The molecule has 0 bridgehead atoms. The largest absolute Gasteiger partial charge is 0.369 e. The van der Waals surface area contributed by atoms with E-state index in [4.69, 9.17) is 10.1 Å². The molecule has 0 aromatic heterocycles. The Bertz CT molecular complexity index is 511. The van der Waals surface area contributed by atoms with Crippen LogP contribution in [0.25, 0.3) is 0 Å². The van der Waals surface area contributed by atoms with Crippen LogP contribution in [0.2, 0.25) is 0 Å². The Morgan fingerprint density at radius 3 is 2.00 bits per heavy atom. The minimum Gasteiger partial charge on any atom is -0.369 e. The van der Waals surface area contributed by atoms with Gasteiger partial charge in [-0.15, -0.1) is 0 Å². The van der Waals surface area contributed by atoms with Crippen LogP contribution in [0, 0.1) is 23.7 Å². The highest BCUT2D eigenvalue weighted by Crippen LogP contribution is 2.28. The van der Waals surface area contributed by atoms with Crippen molar-refractivity contribution in [3.05, 3.63) is 0 Å². The minimum atomic E-state index is -1.28. The number of nitrogens with one attached hydrogen (secondary N) is 2. The van der Waals surface area contributed by atoms with E-state index in [0.717, 1.165) is 12.8 Å². The van der Waals surface area contributed by atoms with Crippen molar-refractivity contribution in [1.82, 2.24) is 10.8 Å². The zero-order valence-electron chi connectivity index (χ0n) is 18.3. The van der Waals surface area contributed by atoms with Gasteiger partial charge in [0.25, 0.3) is 0 Å². The topological polar surface area (TPSA) is 114 Å². The third-order valence-electron chi connectivity index (χ3n) is 5.03. The fourth-order valence-corrected chi connectivity index (χ4v) is 2.86. The predicted octanol–water partition coefficient (Wildman–Crippen LogP) is 3.07. The van der Waals surface area contributed by atoms with Crippen LogP contribution >= 0.6 is 0 Å². The summed E-state index contributed by atoms with van der Waals surface area (Å²) in [5.74, 6) is -3.05. The van der Waals surface area contributed by atoms with Crippen LogP contribution in [-0.2, 0) is 24.1 Å². The van der Waals surface area contributed by atoms with E-state index in [-0.39, 0.29) is 11.8 Å². The van der Waals surface area contributed by atoms with E-state index in [2.05, 4.69) is 15.7 Å². The lowest BCUT2D eigenvalue weighted by Gasteiger charge is -2.36. The molecule has 0 aliphatic rings. The van der Waals surface area contributed by atoms with E-state index in [1.807, 2.05) is 41.5 Å². The van der Waals surface area contributed by atoms with Gasteiger partial charge in [-0.05, 0) is 37.5 Å². The Balaban J connectivity index is 5.63. The summed E-state index contributed by atoms with van der Waals surface area (Å²) in [5, 5.41) is 11.3. The van der Waals surface area contributed by atoms with Gasteiger partial charge in [0.1, 0.15) is 11.5 Å². The zero-order chi connectivity index (χ0) is 21.9. The highest BCUT2D eigenvalue weighted by molar-refractivity contribution is 5.99. The maximum Gasteiger partial charge on any atom is 0.354 e. The first-order chi connectivity index (χ1) is 13.0. The van der Waals surface area contributed by atoms with Crippen molar-refractivity contribution >= 4 is 17.8 Å². The molecule has 8 nitrogen and oxygen atoms in total. The van der Waals surface area contributed by atoms with Gasteiger partial charge in [-0.1, -0.05) is 54.4 Å². The molecule has 0 aliphatic heterocycles. The fraction of sp³-hybridized carbons (Fsp3) is 0.850. The van der Waals surface area contributed by atoms with Crippen molar-refractivity contribution in [3.63, 3.8) is 0 Å². The summed E-state index contributed by atoms with van der Waals surface area (Å²) in [4.78, 5) is 46.2. The molecule has 0 fully saturated rings. The van der Waals surface area contributed by atoms with Crippen molar-refractivity contribution in [2.24, 2.45) is 23.7 Å². The lowest BCUT2D eigenvalue weighted by atomic mass is 9.80. The summed E-state index contributed by atoms with van der Waals surface area (Å²) in [7, 11) is 0. The standard InChI is InChI=1S/C20H38N2O6/c1-8-14(5)11-20(10-13(3)4,19(25)27-21-12-15(6)9-2)22-17(23)16(7)18(24)28-26/h13-16,21,26H,8-12H2,1-7H3,(H,22,23). The number of carbonyl (C=O) groups excluding carboxylic acids is 3. The monoisotopic (exact) mass is 402 g/mol. The number of rotatable bonds is 13. The maximum atomic E-state index is 13.1. The Labute approximate surface area is 168 Å². The molecule has 0 aromatic rings. The Morgan fingerprint density at radius 2 is 1.54 bits per heavy atom. The molecule has 28 heavy (non-hydrogen) atoms. The van der Waals surface area contributed by atoms with E-state index >= 15 is 0 Å². The molecule has 0 aromatic carbocycles. The minimum absolute atomic E-state index is 0.0894. The SMILES string of the molecule is CCC(C)CNOC(=O)C(CC(C)C)(CC(C)CC)NC(=O)C(C)C(=O)OO. The molecule has 0 heterocycles. The van der Waals surface area contributed by atoms with Crippen molar-refractivity contribution < 1.29 is 29.4 Å². The van der Waals surface area contributed by atoms with Crippen molar-refractivity contribution in [2.75, 3.05) is 6.54 Å². The van der Waals surface area contributed by atoms with Crippen LogP contribution < -0.4 is 10.8 Å². The molecule has 8 heteroatoms. The van der Waals surface area contributed by atoms with E-state index in [1.54, 1.807) is 0 Å². The Hall–Kier alpha value is -1.67. The predicted molar refractivity (Wildman–Crippen MR) is 106 cm³/mol. The van der Waals surface area contributed by atoms with Gasteiger partial charge < -0.3 is 15.0 Å². The van der Waals surface area contributed by atoms with Gasteiger partial charge in [-0.2, -0.15) is 10.7 Å². The van der Waals surface area contributed by atoms with Gasteiger partial charge in [-0.25, -0.2) is 9.59 Å². The molecule has 4 unspecified atom stereocenters. The maximum absolute atomic E-state index is 13.1. The summed E-state index contributed by atoms with van der Waals surface area (Å²) in [6, 6.07) is 0. The number of carbonyl (C=O) groups is 3. The third kappa shape index (κ3) is 8.56. The van der Waals surface area contributed by atoms with Crippen molar-refractivity contribution in [1.29, 1.82) is 0 Å². The van der Waals surface area contributed by atoms with Crippen LogP contribution in [-0.4, -0.2) is 35.2 Å². The Morgan fingerprint density at radius 1 is 0.964 bits per heavy atom. The van der Waals surface area contributed by atoms with Crippen molar-refractivity contribution in [2.45, 2.75) is 79.7 Å². The van der Waals surface area contributed by atoms with Gasteiger partial charge in [-0.3, -0.25) is 4.79 Å². The van der Waals surface area contributed by atoms with Crippen LogP contribution in [0.5, 0.6) is 0 Å². The first kappa shape index (κ1) is 26.3. The molecule has 0 saturated heterocycles. The van der Waals surface area contributed by atoms with E-state index in [1.165, 1.54) is 6.92 Å². The smallest absolute Gasteiger partial charge is 0.354 e. The zero-order valence-corrected chi connectivity index (χ0v) is 18.3. The first-order valence-electron chi connectivity index (χ1n) is 10.1. The molecule has 164 valence electrons. The van der Waals surface area contributed by atoms with Crippen LogP contribution in [0.3, 0.4) is 0 Å². The molecule has 3 N–H and O–H groups in total. The van der Waals surface area contributed by atoms with Crippen LogP contribution in [0.4, 0.5) is 0 Å². The molecule has 0 rings (SSSR count). The van der Waals surface area contributed by atoms with Gasteiger partial charge in [0.2, 0.25) is 5.91 Å². The average Bonchev–Trinajstić information content (AvgIpc) is 2.65.